The van der Waals surface area contributed by atoms with E-state index in [0.29, 0.717) is 5.11 Å². The number of hydrazone groups is 1. The van der Waals surface area contributed by atoms with Crippen molar-refractivity contribution in [3.8, 4) is 0 Å². The molecule has 0 aliphatic heterocycles. The van der Waals surface area contributed by atoms with Gasteiger partial charge in [0.15, 0.2) is 5.11 Å². The minimum atomic E-state index is 0.497. The number of thiocarbonyl (C=S) groups is 1. The van der Waals surface area contributed by atoms with Crippen LogP contribution in [0, 0.1) is 0 Å². The number of hydrogen-bond acceptors (Lipinski definition) is 3. The quantitative estimate of drug-likeness (QED) is 0.344. The molecule has 0 amide bonds. The van der Waals surface area contributed by atoms with Gasteiger partial charge in [0.1, 0.15) is 5.71 Å². The Labute approximate surface area is 156 Å². The topological polar surface area (TPSA) is 49.3 Å². The fourth-order valence-corrected chi connectivity index (χ4v) is 1.87. The van der Waals surface area contributed by atoms with E-state index in [1.165, 1.54) is 0 Å². The van der Waals surface area contributed by atoms with Crippen LogP contribution in [0.2, 0.25) is 0 Å². The molecule has 0 unspecified atom stereocenters. The third-order valence-electron chi connectivity index (χ3n) is 2.56. The Kier molecular flexibility index (Phi) is 10.6. The molecule has 4 nitrogen and oxygen atoms in total. The van der Waals surface area contributed by atoms with Gasteiger partial charge in [-0.25, -0.2) is 0 Å². The Morgan fingerprint density at radius 3 is 2.39 bits per heavy atom. The fraction of sp³-hybridized carbons (Fsp3) is 0.133. The first kappa shape index (κ1) is 19.9. The molecule has 0 aliphatic rings. The summed E-state index contributed by atoms with van der Waals surface area (Å²) in [6.07, 6.45) is 1.75. The SMILES string of the molecule is CCNC(=S)NN=C(c1ccccc1)c1ccccn1.[Cl][Cu][Cl]. The van der Waals surface area contributed by atoms with E-state index in [9.17, 15) is 0 Å². The van der Waals surface area contributed by atoms with Crippen molar-refractivity contribution in [1.29, 1.82) is 0 Å². The van der Waals surface area contributed by atoms with Gasteiger partial charge in [-0.3, -0.25) is 10.4 Å². The summed E-state index contributed by atoms with van der Waals surface area (Å²) < 4.78 is 0. The zero-order valence-corrected chi connectivity index (χ0v) is 15.5. The van der Waals surface area contributed by atoms with Crippen molar-refractivity contribution in [2.24, 2.45) is 5.10 Å². The first-order chi connectivity index (χ1) is 11.2. The Morgan fingerprint density at radius 2 is 1.83 bits per heavy atom. The molecule has 0 saturated carbocycles. The predicted octanol–water partition coefficient (Wildman–Crippen LogP) is 3.69. The Bertz CT molecular complexity index is 570. The van der Waals surface area contributed by atoms with Gasteiger partial charge in [-0.15, -0.1) is 0 Å². The zero-order chi connectivity index (χ0) is 16.9. The van der Waals surface area contributed by atoms with E-state index in [1.807, 2.05) is 55.5 Å². The summed E-state index contributed by atoms with van der Waals surface area (Å²) in [7, 11) is 9.34. The maximum absolute atomic E-state index is 5.12. The van der Waals surface area contributed by atoms with E-state index >= 15 is 0 Å². The first-order valence-corrected chi connectivity index (χ1v) is 9.62. The van der Waals surface area contributed by atoms with Crippen molar-refractivity contribution in [3.63, 3.8) is 0 Å². The zero-order valence-electron chi connectivity index (χ0n) is 12.3. The molecular weight excluding hydrogens is 403 g/mol. The van der Waals surface area contributed by atoms with Crippen molar-refractivity contribution >= 4 is 43.2 Å². The number of nitrogens with zero attached hydrogens (tertiary/aromatic N) is 2. The van der Waals surface area contributed by atoms with Crippen LogP contribution in [-0.4, -0.2) is 22.4 Å². The van der Waals surface area contributed by atoms with Gasteiger partial charge < -0.3 is 5.32 Å². The van der Waals surface area contributed by atoms with Crippen LogP contribution in [0.1, 0.15) is 18.2 Å². The van der Waals surface area contributed by atoms with Crippen molar-refractivity contribution < 1.29 is 13.1 Å². The number of hydrogen-bond donors (Lipinski definition) is 2. The molecule has 23 heavy (non-hydrogen) atoms. The normalized spacial score (nSPS) is 10.5. The fourth-order valence-electron chi connectivity index (χ4n) is 1.68. The van der Waals surface area contributed by atoms with Crippen molar-refractivity contribution in [2.45, 2.75) is 6.92 Å². The summed E-state index contributed by atoms with van der Waals surface area (Å²) in [5.74, 6) is 0. The van der Waals surface area contributed by atoms with Crippen molar-refractivity contribution in [2.75, 3.05) is 6.54 Å². The van der Waals surface area contributed by atoms with Gasteiger partial charge in [-0.2, -0.15) is 5.10 Å². The maximum atomic E-state index is 5.12. The Morgan fingerprint density at radius 1 is 1.17 bits per heavy atom. The second-order valence-corrected chi connectivity index (χ2v) is 6.02. The second kappa shape index (κ2) is 12.3. The number of benzene rings is 1. The number of rotatable bonds is 4. The number of pyridine rings is 1. The summed E-state index contributed by atoms with van der Waals surface area (Å²) in [6.45, 7) is 2.74. The van der Waals surface area contributed by atoms with Crippen LogP contribution in [0.3, 0.4) is 0 Å². The summed E-state index contributed by atoms with van der Waals surface area (Å²) in [5.41, 5.74) is 5.39. The summed E-state index contributed by atoms with van der Waals surface area (Å²) in [4.78, 5) is 4.34. The third kappa shape index (κ3) is 7.77. The van der Waals surface area contributed by atoms with Gasteiger partial charge in [0.25, 0.3) is 0 Å². The van der Waals surface area contributed by atoms with Crippen LogP contribution in [0.15, 0.2) is 59.8 Å². The second-order valence-electron chi connectivity index (χ2n) is 4.06. The molecule has 0 fully saturated rings. The summed E-state index contributed by atoms with van der Waals surface area (Å²) >= 11 is 5.88. The molecule has 2 rings (SSSR count). The standard InChI is InChI=1S/C15H16N4S.2ClH.Cu/c1-2-16-15(20)19-18-14(12-8-4-3-5-9-12)13-10-6-7-11-17-13;;;/h3-11H,2H2,1H3,(H2,16,19,20);2*1H;/q;;;+2/p-2. The molecule has 0 radical (unpaired) electrons. The molecule has 2 aromatic rings. The van der Waals surface area contributed by atoms with Gasteiger partial charge >= 0.3 is 33.3 Å². The van der Waals surface area contributed by atoms with Crippen LogP contribution in [0.5, 0.6) is 0 Å². The van der Waals surface area contributed by atoms with Crippen molar-refractivity contribution in [3.05, 3.63) is 66.0 Å². The van der Waals surface area contributed by atoms with Gasteiger partial charge in [0.2, 0.25) is 0 Å². The van der Waals surface area contributed by atoms with Crippen LogP contribution in [0.4, 0.5) is 0 Å². The van der Waals surface area contributed by atoms with Crippen LogP contribution < -0.4 is 10.7 Å². The number of nitrogens with one attached hydrogen (secondary N) is 2. The van der Waals surface area contributed by atoms with E-state index in [4.69, 9.17) is 12.2 Å². The molecule has 0 bridgehead atoms. The average molecular weight is 419 g/mol. The van der Waals surface area contributed by atoms with E-state index in [2.05, 4.69) is 41.0 Å². The van der Waals surface area contributed by atoms with E-state index in [-0.39, 0.29) is 0 Å². The van der Waals surface area contributed by atoms with Crippen molar-refractivity contribution in [1.82, 2.24) is 15.7 Å². The van der Waals surface area contributed by atoms with Gasteiger partial charge in [-0.1, -0.05) is 36.4 Å². The van der Waals surface area contributed by atoms with E-state index in [0.717, 1.165) is 36.6 Å². The molecule has 1 aromatic heterocycles. The van der Waals surface area contributed by atoms with E-state index in [1.54, 1.807) is 6.20 Å². The average Bonchev–Trinajstić information content (AvgIpc) is 2.58. The minimum absolute atomic E-state index is 0.497. The first-order valence-electron chi connectivity index (χ1n) is 6.62. The molecule has 127 valence electrons. The summed E-state index contributed by atoms with van der Waals surface area (Å²) in [5, 5.41) is 7.88. The molecule has 0 aliphatic carbocycles. The van der Waals surface area contributed by atoms with Crippen LogP contribution >= 0.6 is 32.4 Å². The van der Waals surface area contributed by atoms with Crippen LogP contribution in [0.25, 0.3) is 0 Å². The Hall–Kier alpha value is -1.17. The van der Waals surface area contributed by atoms with Gasteiger partial charge in [0, 0.05) is 18.3 Å². The number of halogens is 2. The van der Waals surface area contributed by atoms with Crippen LogP contribution in [-0.2, 0) is 13.1 Å². The molecule has 0 atom stereocenters. The molecule has 0 saturated heterocycles. The monoisotopic (exact) mass is 417 g/mol. The molecule has 8 heteroatoms. The molecule has 0 spiro atoms. The van der Waals surface area contributed by atoms with Gasteiger partial charge in [0.05, 0.1) is 5.69 Å². The summed E-state index contributed by atoms with van der Waals surface area (Å²) in [6, 6.07) is 15.6. The number of aromatic nitrogens is 1. The van der Waals surface area contributed by atoms with Gasteiger partial charge in [-0.05, 0) is 31.3 Å². The molecule has 1 heterocycles. The van der Waals surface area contributed by atoms with E-state index < -0.39 is 0 Å². The molecular formula is C15H16Cl2CuN4S. The Balaban J connectivity index is 0.000000816. The molecule has 2 N–H and O–H groups in total. The molecule has 1 aromatic carbocycles. The predicted molar refractivity (Wildman–Crippen MR) is 97.4 cm³/mol. The third-order valence-corrected chi connectivity index (χ3v) is 2.80.